The van der Waals surface area contributed by atoms with E-state index >= 15 is 0 Å². The van der Waals surface area contributed by atoms with Crippen molar-refractivity contribution in [1.82, 2.24) is 0 Å². The predicted octanol–water partition coefficient (Wildman–Crippen LogP) is 6.82. The van der Waals surface area contributed by atoms with Gasteiger partial charge in [-0.3, -0.25) is 4.79 Å². The quantitative estimate of drug-likeness (QED) is 0.283. The zero-order valence-corrected chi connectivity index (χ0v) is 19.0. The zero-order valence-electron chi connectivity index (χ0n) is 19.0. The van der Waals surface area contributed by atoms with Crippen LogP contribution in [-0.4, -0.2) is 20.0 Å². The second-order valence-corrected chi connectivity index (χ2v) is 7.69. The Labute approximate surface area is 194 Å². The Morgan fingerprint density at radius 3 is 1.70 bits per heavy atom. The lowest BCUT2D eigenvalue weighted by Gasteiger charge is -2.15. The van der Waals surface area contributed by atoms with E-state index in [9.17, 15) is 4.79 Å². The molecule has 0 radical (unpaired) electrons. The maximum absolute atomic E-state index is 12.2. The van der Waals surface area contributed by atoms with Crippen LogP contribution < -0.4 is 14.2 Å². The molecule has 4 aromatic carbocycles. The summed E-state index contributed by atoms with van der Waals surface area (Å²) in [6, 6.07) is 30.5. The van der Waals surface area contributed by atoms with Crippen molar-refractivity contribution >= 4 is 5.78 Å². The van der Waals surface area contributed by atoms with Gasteiger partial charge in [0.05, 0.1) is 14.2 Å². The molecule has 0 aliphatic carbocycles. The molecule has 0 aliphatic rings. The summed E-state index contributed by atoms with van der Waals surface area (Å²) in [5.74, 6) is 1.32. The number of carbonyl (C=O) groups excluding carboxylic acids is 1. The van der Waals surface area contributed by atoms with E-state index in [1.807, 2.05) is 30.3 Å². The second kappa shape index (κ2) is 10.0. The third kappa shape index (κ3) is 5.07. The molecule has 0 aliphatic heterocycles. The SMILES string of the molecule is COc1cc(OC)c(C(C)=O)c(OCc2ccc(-c3ccc(-c4ccccc4)cc3)cc2)c1. The van der Waals surface area contributed by atoms with E-state index in [0.717, 1.165) is 16.7 Å². The summed E-state index contributed by atoms with van der Waals surface area (Å²) in [7, 11) is 3.09. The van der Waals surface area contributed by atoms with Gasteiger partial charge in [0.15, 0.2) is 5.78 Å². The summed E-state index contributed by atoms with van der Waals surface area (Å²) in [6.45, 7) is 1.82. The number of methoxy groups -OCH3 is 2. The van der Waals surface area contributed by atoms with Gasteiger partial charge in [0, 0.05) is 12.1 Å². The highest BCUT2D eigenvalue weighted by Gasteiger charge is 2.18. The number of ketones is 1. The number of hydrogen-bond acceptors (Lipinski definition) is 4. The molecule has 4 heteroatoms. The lowest BCUT2D eigenvalue weighted by atomic mass is 10.00. The highest BCUT2D eigenvalue weighted by Crippen LogP contribution is 2.35. The Morgan fingerprint density at radius 2 is 1.18 bits per heavy atom. The molecule has 0 bridgehead atoms. The molecular formula is C29H26O4. The molecule has 4 rings (SSSR count). The summed E-state index contributed by atoms with van der Waals surface area (Å²) in [6.07, 6.45) is 0. The molecule has 0 spiro atoms. The number of carbonyl (C=O) groups is 1. The third-order valence-corrected chi connectivity index (χ3v) is 5.52. The maximum Gasteiger partial charge on any atom is 0.167 e. The Morgan fingerprint density at radius 1 is 0.667 bits per heavy atom. The van der Waals surface area contributed by atoms with E-state index in [0.29, 0.717) is 29.4 Å². The van der Waals surface area contributed by atoms with Crippen molar-refractivity contribution in [3.05, 3.63) is 102 Å². The average molecular weight is 439 g/mol. The van der Waals surface area contributed by atoms with Gasteiger partial charge in [-0.05, 0) is 34.7 Å². The number of benzene rings is 4. The molecule has 0 saturated carbocycles. The van der Waals surface area contributed by atoms with Gasteiger partial charge in [-0.25, -0.2) is 0 Å². The molecule has 0 fully saturated rings. The van der Waals surface area contributed by atoms with Gasteiger partial charge in [-0.2, -0.15) is 0 Å². The van der Waals surface area contributed by atoms with Crippen LogP contribution in [0.15, 0.2) is 91.0 Å². The molecule has 4 nitrogen and oxygen atoms in total. The van der Waals surface area contributed by atoms with Crippen molar-refractivity contribution in [1.29, 1.82) is 0 Å². The van der Waals surface area contributed by atoms with Crippen LogP contribution in [0.25, 0.3) is 22.3 Å². The topological polar surface area (TPSA) is 44.8 Å². The van der Waals surface area contributed by atoms with Crippen LogP contribution in [0.3, 0.4) is 0 Å². The standard InChI is InChI=1S/C29H26O4/c1-20(30)29-27(32-3)17-26(31-2)18-28(29)33-19-21-9-11-23(12-10-21)25-15-13-24(14-16-25)22-7-5-4-6-8-22/h4-18H,19H2,1-3H3. The Hall–Kier alpha value is -4.05. The number of rotatable bonds is 8. The van der Waals surface area contributed by atoms with Gasteiger partial charge in [0.25, 0.3) is 0 Å². The number of hydrogen-bond donors (Lipinski definition) is 0. The van der Waals surface area contributed by atoms with E-state index < -0.39 is 0 Å². The fourth-order valence-electron chi connectivity index (χ4n) is 3.75. The van der Waals surface area contributed by atoms with E-state index in [1.54, 1.807) is 19.2 Å². The summed E-state index contributed by atoms with van der Waals surface area (Å²) >= 11 is 0. The molecule has 0 atom stereocenters. The molecule has 0 N–H and O–H groups in total. The van der Waals surface area contributed by atoms with Crippen molar-refractivity contribution in [3.8, 4) is 39.5 Å². The van der Waals surface area contributed by atoms with Crippen LogP contribution in [0.2, 0.25) is 0 Å². The van der Waals surface area contributed by atoms with Crippen LogP contribution in [0.4, 0.5) is 0 Å². The summed E-state index contributed by atoms with van der Waals surface area (Å²) in [5.41, 5.74) is 6.09. The lowest BCUT2D eigenvalue weighted by molar-refractivity contribution is 0.101. The van der Waals surface area contributed by atoms with E-state index in [1.165, 1.54) is 25.2 Å². The highest BCUT2D eigenvalue weighted by atomic mass is 16.5. The van der Waals surface area contributed by atoms with Crippen molar-refractivity contribution in [2.24, 2.45) is 0 Å². The van der Waals surface area contributed by atoms with Crippen LogP contribution in [0.5, 0.6) is 17.2 Å². The highest BCUT2D eigenvalue weighted by molar-refractivity contribution is 6.00. The predicted molar refractivity (Wildman–Crippen MR) is 131 cm³/mol. The van der Waals surface area contributed by atoms with Crippen LogP contribution >= 0.6 is 0 Å². The first kappa shape index (κ1) is 22.2. The second-order valence-electron chi connectivity index (χ2n) is 7.69. The minimum absolute atomic E-state index is 0.126. The molecular weight excluding hydrogens is 412 g/mol. The lowest BCUT2D eigenvalue weighted by Crippen LogP contribution is -2.05. The van der Waals surface area contributed by atoms with Gasteiger partial charge in [-0.15, -0.1) is 0 Å². The first-order chi connectivity index (χ1) is 16.1. The fourth-order valence-corrected chi connectivity index (χ4v) is 3.75. The Kier molecular flexibility index (Phi) is 6.75. The molecule has 0 unspecified atom stereocenters. The summed E-state index contributed by atoms with van der Waals surface area (Å²) in [4.78, 5) is 12.2. The van der Waals surface area contributed by atoms with Gasteiger partial charge < -0.3 is 14.2 Å². The first-order valence-electron chi connectivity index (χ1n) is 10.7. The Balaban J connectivity index is 1.49. The molecule has 0 heterocycles. The van der Waals surface area contributed by atoms with Gasteiger partial charge in [-0.1, -0.05) is 78.9 Å². The molecule has 0 aromatic heterocycles. The molecule has 0 saturated heterocycles. The minimum Gasteiger partial charge on any atom is -0.496 e. The Bertz CT molecular complexity index is 1230. The average Bonchev–Trinajstić information content (AvgIpc) is 2.87. The van der Waals surface area contributed by atoms with E-state index in [-0.39, 0.29) is 5.78 Å². The zero-order chi connectivity index (χ0) is 23.2. The normalized spacial score (nSPS) is 10.5. The van der Waals surface area contributed by atoms with Gasteiger partial charge >= 0.3 is 0 Å². The van der Waals surface area contributed by atoms with Crippen LogP contribution in [0, 0.1) is 0 Å². The smallest absolute Gasteiger partial charge is 0.167 e. The monoisotopic (exact) mass is 438 g/mol. The van der Waals surface area contributed by atoms with Gasteiger partial charge in [0.1, 0.15) is 29.4 Å². The first-order valence-corrected chi connectivity index (χ1v) is 10.7. The largest absolute Gasteiger partial charge is 0.496 e. The summed E-state index contributed by atoms with van der Waals surface area (Å²) < 4.78 is 16.7. The molecule has 33 heavy (non-hydrogen) atoms. The fraction of sp³-hybridized carbons (Fsp3) is 0.138. The molecule has 0 amide bonds. The van der Waals surface area contributed by atoms with E-state index in [4.69, 9.17) is 14.2 Å². The number of ether oxygens (including phenoxy) is 3. The van der Waals surface area contributed by atoms with Crippen molar-refractivity contribution in [2.75, 3.05) is 14.2 Å². The maximum atomic E-state index is 12.2. The van der Waals surface area contributed by atoms with Crippen LogP contribution in [-0.2, 0) is 6.61 Å². The van der Waals surface area contributed by atoms with Crippen LogP contribution in [0.1, 0.15) is 22.8 Å². The number of Topliss-reactive ketones (excluding diaryl/α,β-unsaturated/α-hetero) is 1. The summed E-state index contributed by atoms with van der Waals surface area (Å²) in [5, 5.41) is 0. The molecule has 4 aromatic rings. The van der Waals surface area contributed by atoms with Gasteiger partial charge in [0.2, 0.25) is 0 Å². The van der Waals surface area contributed by atoms with Crippen molar-refractivity contribution in [3.63, 3.8) is 0 Å². The minimum atomic E-state index is -0.126. The molecule has 166 valence electrons. The van der Waals surface area contributed by atoms with Crippen molar-refractivity contribution < 1.29 is 19.0 Å². The third-order valence-electron chi connectivity index (χ3n) is 5.52. The van der Waals surface area contributed by atoms with E-state index in [2.05, 4.69) is 48.5 Å². The van der Waals surface area contributed by atoms with Crippen molar-refractivity contribution in [2.45, 2.75) is 13.5 Å².